The second-order valence-electron chi connectivity index (χ2n) is 6.80. The molecule has 0 aliphatic heterocycles. The van der Waals surface area contributed by atoms with Gasteiger partial charge in [-0.15, -0.1) is 0 Å². The summed E-state index contributed by atoms with van der Waals surface area (Å²) in [5.41, 5.74) is 2.43. The van der Waals surface area contributed by atoms with Crippen LogP contribution in [0.25, 0.3) is 11.6 Å². The Labute approximate surface area is 188 Å². The van der Waals surface area contributed by atoms with Gasteiger partial charge in [-0.2, -0.15) is 10.1 Å². The first-order valence-corrected chi connectivity index (χ1v) is 9.89. The molecule has 33 heavy (non-hydrogen) atoms. The molecule has 2 heterocycles. The summed E-state index contributed by atoms with van der Waals surface area (Å²) in [5, 5.41) is 13.0. The number of ether oxygens (including phenoxy) is 1. The van der Waals surface area contributed by atoms with Crippen molar-refractivity contribution in [3.63, 3.8) is 0 Å². The molecular formula is C23H18N6O4. The first kappa shape index (κ1) is 21.5. The Balaban J connectivity index is 1.35. The average Bonchev–Trinajstić information content (AvgIpc) is 3.53. The third-order valence-corrected chi connectivity index (χ3v) is 4.44. The van der Waals surface area contributed by atoms with Crippen LogP contribution in [0.2, 0.25) is 0 Å². The predicted octanol–water partition coefficient (Wildman–Crippen LogP) is 2.61. The summed E-state index contributed by atoms with van der Waals surface area (Å²) < 4.78 is 9.86. The number of aromatic nitrogens is 5. The van der Waals surface area contributed by atoms with Crippen LogP contribution in [-0.4, -0.2) is 44.3 Å². The number of esters is 1. The van der Waals surface area contributed by atoms with E-state index in [1.807, 2.05) is 6.07 Å². The minimum Gasteiger partial charge on any atom is -0.465 e. The van der Waals surface area contributed by atoms with Crippen LogP contribution in [0, 0.1) is 11.8 Å². The van der Waals surface area contributed by atoms with Crippen LogP contribution in [0.4, 0.5) is 5.69 Å². The Hall–Kier alpha value is -4.78. The standard InChI is InChI=1S/C23H18N6O4/c1-32-23(31)17-6-2-4-15(12-17)8-9-16-5-3-7-18(13-16)26-19(30)10-11-20-27-22(29-33-20)21-24-14-25-28-21/h2-7,12-14H,10-11H2,1H3,(H,26,30)(H,24,25,28). The van der Waals surface area contributed by atoms with Gasteiger partial charge >= 0.3 is 5.97 Å². The molecule has 4 rings (SSSR count). The number of rotatable bonds is 6. The third kappa shape index (κ3) is 5.68. The lowest BCUT2D eigenvalue weighted by Crippen LogP contribution is -2.12. The molecule has 0 radical (unpaired) electrons. The number of methoxy groups -OCH3 is 1. The number of nitrogens with zero attached hydrogens (tertiary/aromatic N) is 4. The maximum Gasteiger partial charge on any atom is 0.337 e. The highest BCUT2D eigenvalue weighted by Gasteiger charge is 2.12. The highest BCUT2D eigenvalue weighted by Crippen LogP contribution is 2.13. The van der Waals surface area contributed by atoms with Crippen LogP contribution in [-0.2, 0) is 16.0 Å². The van der Waals surface area contributed by atoms with Crippen LogP contribution in [0.3, 0.4) is 0 Å². The van der Waals surface area contributed by atoms with Gasteiger partial charge in [0.15, 0.2) is 5.82 Å². The summed E-state index contributed by atoms with van der Waals surface area (Å²) in [7, 11) is 1.33. The van der Waals surface area contributed by atoms with Crippen molar-refractivity contribution >= 4 is 17.6 Å². The highest BCUT2D eigenvalue weighted by atomic mass is 16.5. The van der Waals surface area contributed by atoms with E-state index in [9.17, 15) is 9.59 Å². The fourth-order valence-electron chi connectivity index (χ4n) is 2.87. The third-order valence-electron chi connectivity index (χ3n) is 4.44. The fraction of sp³-hybridized carbons (Fsp3) is 0.130. The van der Waals surface area contributed by atoms with E-state index in [2.05, 4.69) is 42.5 Å². The maximum atomic E-state index is 12.3. The van der Waals surface area contributed by atoms with Gasteiger partial charge in [0.2, 0.25) is 17.6 Å². The van der Waals surface area contributed by atoms with Crippen molar-refractivity contribution in [2.45, 2.75) is 12.8 Å². The minimum atomic E-state index is -0.418. The number of nitrogens with one attached hydrogen (secondary N) is 2. The number of anilines is 1. The zero-order chi connectivity index (χ0) is 23.0. The van der Waals surface area contributed by atoms with E-state index in [1.54, 1.807) is 42.5 Å². The molecule has 2 aromatic heterocycles. The van der Waals surface area contributed by atoms with Crippen LogP contribution in [0.15, 0.2) is 59.4 Å². The van der Waals surface area contributed by atoms with Crippen LogP contribution >= 0.6 is 0 Å². The molecule has 0 aliphatic rings. The Morgan fingerprint density at radius 2 is 1.91 bits per heavy atom. The Bertz CT molecular complexity index is 1330. The van der Waals surface area contributed by atoms with Gasteiger partial charge in [-0.3, -0.25) is 9.89 Å². The van der Waals surface area contributed by atoms with Crippen LogP contribution in [0.1, 0.15) is 33.8 Å². The van der Waals surface area contributed by atoms with Gasteiger partial charge in [-0.1, -0.05) is 29.1 Å². The number of H-pyrrole nitrogens is 1. The first-order valence-electron chi connectivity index (χ1n) is 9.89. The highest BCUT2D eigenvalue weighted by molar-refractivity contribution is 5.91. The molecule has 0 fully saturated rings. The number of hydrogen-bond donors (Lipinski definition) is 2. The summed E-state index contributed by atoms with van der Waals surface area (Å²) >= 11 is 0. The minimum absolute atomic E-state index is 0.161. The Morgan fingerprint density at radius 1 is 1.12 bits per heavy atom. The monoisotopic (exact) mass is 442 g/mol. The second-order valence-corrected chi connectivity index (χ2v) is 6.80. The predicted molar refractivity (Wildman–Crippen MR) is 117 cm³/mol. The molecule has 10 heteroatoms. The number of benzene rings is 2. The first-order chi connectivity index (χ1) is 16.1. The number of aryl methyl sites for hydroxylation is 1. The van der Waals surface area contributed by atoms with E-state index >= 15 is 0 Å². The normalized spacial score (nSPS) is 10.2. The Morgan fingerprint density at radius 3 is 2.67 bits per heavy atom. The number of carbonyl (C=O) groups excluding carboxylic acids is 2. The summed E-state index contributed by atoms with van der Waals surface area (Å²) in [4.78, 5) is 32.1. The summed E-state index contributed by atoms with van der Waals surface area (Å²) in [6.45, 7) is 0. The molecule has 0 aliphatic carbocycles. The van der Waals surface area contributed by atoms with E-state index in [0.717, 1.165) is 0 Å². The van der Waals surface area contributed by atoms with Gasteiger partial charge < -0.3 is 14.6 Å². The lowest BCUT2D eigenvalue weighted by Gasteiger charge is -2.04. The van der Waals surface area contributed by atoms with Crippen molar-refractivity contribution in [2.75, 3.05) is 12.4 Å². The average molecular weight is 442 g/mol. The maximum absolute atomic E-state index is 12.3. The quantitative estimate of drug-likeness (QED) is 0.344. The summed E-state index contributed by atoms with van der Waals surface area (Å²) in [6.07, 6.45) is 1.79. The number of amides is 1. The zero-order valence-corrected chi connectivity index (χ0v) is 17.5. The van der Waals surface area contributed by atoms with Gasteiger partial charge in [0, 0.05) is 29.7 Å². The summed E-state index contributed by atoms with van der Waals surface area (Å²) in [6, 6.07) is 14.0. The molecule has 0 unspecified atom stereocenters. The van der Waals surface area contributed by atoms with E-state index in [1.165, 1.54) is 13.4 Å². The van der Waals surface area contributed by atoms with Crippen molar-refractivity contribution < 1.29 is 18.8 Å². The number of aromatic amines is 1. The second kappa shape index (κ2) is 10.0. The molecule has 10 nitrogen and oxygen atoms in total. The van der Waals surface area contributed by atoms with Gasteiger partial charge in [0.25, 0.3) is 0 Å². The van der Waals surface area contributed by atoms with Crippen molar-refractivity contribution in [2.24, 2.45) is 0 Å². The van der Waals surface area contributed by atoms with Crippen molar-refractivity contribution in [3.05, 3.63) is 77.4 Å². The molecule has 2 N–H and O–H groups in total. The van der Waals surface area contributed by atoms with E-state index in [4.69, 9.17) is 9.26 Å². The molecular weight excluding hydrogens is 424 g/mol. The number of carbonyl (C=O) groups is 2. The smallest absolute Gasteiger partial charge is 0.337 e. The topological polar surface area (TPSA) is 136 Å². The van der Waals surface area contributed by atoms with E-state index < -0.39 is 5.97 Å². The lowest BCUT2D eigenvalue weighted by atomic mass is 10.1. The molecule has 0 saturated carbocycles. The molecule has 0 spiro atoms. The van der Waals surface area contributed by atoms with Crippen molar-refractivity contribution in [1.29, 1.82) is 0 Å². The SMILES string of the molecule is COC(=O)c1cccc(C#Cc2cccc(NC(=O)CCc3nc(-c4ncn[nH]4)no3)c2)c1. The molecule has 1 amide bonds. The Kier molecular flexibility index (Phi) is 6.51. The fourth-order valence-corrected chi connectivity index (χ4v) is 2.87. The molecule has 164 valence electrons. The molecule has 4 aromatic rings. The lowest BCUT2D eigenvalue weighted by molar-refractivity contribution is -0.116. The van der Waals surface area contributed by atoms with Crippen molar-refractivity contribution in [1.82, 2.24) is 25.3 Å². The van der Waals surface area contributed by atoms with E-state index in [-0.39, 0.29) is 24.6 Å². The largest absolute Gasteiger partial charge is 0.465 e. The molecule has 0 bridgehead atoms. The molecule has 0 saturated heterocycles. The van der Waals surface area contributed by atoms with Gasteiger partial charge in [0.05, 0.1) is 12.7 Å². The summed E-state index contributed by atoms with van der Waals surface area (Å²) in [5.74, 6) is 6.42. The van der Waals surface area contributed by atoms with Crippen LogP contribution in [0.5, 0.6) is 0 Å². The molecule has 0 atom stereocenters. The molecule has 2 aromatic carbocycles. The van der Waals surface area contributed by atoms with Gasteiger partial charge in [-0.25, -0.2) is 9.78 Å². The zero-order valence-electron chi connectivity index (χ0n) is 17.5. The van der Waals surface area contributed by atoms with E-state index in [0.29, 0.717) is 34.1 Å². The van der Waals surface area contributed by atoms with Gasteiger partial charge in [0.1, 0.15) is 6.33 Å². The van der Waals surface area contributed by atoms with Crippen LogP contribution < -0.4 is 5.32 Å². The van der Waals surface area contributed by atoms with Crippen molar-refractivity contribution in [3.8, 4) is 23.5 Å². The number of hydrogen-bond acceptors (Lipinski definition) is 8. The van der Waals surface area contributed by atoms with Gasteiger partial charge in [-0.05, 0) is 36.4 Å².